The molecule has 2 heterocycles. The van der Waals surface area contributed by atoms with Crippen molar-refractivity contribution in [2.75, 3.05) is 23.0 Å². The summed E-state index contributed by atoms with van der Waals surface area (Å²) < 4.78 is 0. The van der Waals surface area contributed by atoms with E-state index in [4.69, 9.17) is 11.6 Å². The number of hydrogen-bond acceptors (Lipinski definition) is 3. The van der Waals surface area contributed by atoms with Crippen molar-refractivity contribution in [2.24, 2.45) is 0 Å². The maximum Gasteiger partial charge on any atom is 0.326 e. The summed E-state index contributed by atoms with van der Waals surface area (Å²) in [6.45, 7) is 0.638. The maximum absolute atomic E-state index is 12.4. The van der Waals surface area contributed by atoms with E-state index in [1.807, 2.05) is 24.5 Å². The largest absolute Gasteiger partial charge is 0.326 e. The van der Waals surface area contributed by atoms with Gasteiger partial charge in [0.25, 0.3) is 0 Å². The van der Waals surface area contributed by atoms with Crippen LogP contribution in [0.5, 0.6) is 0 Å². The van der Waals surface area contributed by atoms with Gasteiger partial charge in [0.05, 0.1) is 22.6 Å². The van der Waals surface area contributed by atoms with Crippen LogP contribution in [-0.2, 0) is 6.42 Å². The van der Waals surface area contributed by atoms with Crippen molar-refractivity contribution >= 4 is 40.8 Å². The molecule has 21 heavy (non-hydrogen) atoms. The summed E-state index contributed by atoms with van der Waals surface area (Å²) in [7, 11) is 0. The lowest BCUT2D eigenvalue weighted by Crippen LogP contribution is -2.33. The van der Waals surface area contributed by atoms with E-state index in [1.165, 1.54) is 0 Å². The molecule has 0 unspecified atom stereocenters. The molecule has 108 valence electrons. The van der Waals surface area contributed by atoms with Crippen molar-refractivity contribution < 1.29 is 4.79 Å². The van der Waals surface area contributed by atoms with Gasteiger partial charge in [0.15, 0.2) is 0 Å². The molecule has 1 aliphatic rings. The number of fused-ring (bicyclic) bond motifs is 1. The highest BCUT2D eigenvalue weighted by Crippen LogP contribution is 2.39. The van der Waals surface area contributed by atoms with Crippen LogP contribution in [0.15, 0.2) is 41.6 Å². The first kappa shape index (κ1) is 14.2. The van der Waals surface area contributed by atoms with Gasteiger partial charge in [-0.25, -0.2) is 4.79 Å². The third-order valence-electron chi connectivity index (χ3n) is 3.44. The fourth-order valence-corrected chi connectivity index (χ4v) is 3.41. The van der Waals surface area contributed by atoms with Crippen LogP contribution in [-0.4, -0.2) is 23.8 Å². The zero-order valence-electron chi connectivity index (χ0n) is 11.5. The third-order valence-corrected chi connectivity index (χ3v) is 4.76. The lowest BCUT2D eigenvalue weighted by molar-refractivity contribution is 0.257. The van der Waals surface area contributed by atoms with Crippen LogP contribution in [0.4, 0.5) is 16.2 Å². The van der Waals surface area contributed by atoms with Gasteiger partial charge in [-0.3, -0.25) is 9.88 Å². The van der Waals surface area contributed by atoms with Crippen LogP contribution in [0, 0.1) is 0 Å². The average molecular weight is 320 g/mol. The Morgan fingerprint density at radius 3 is 3.00 bits per heavy atom. The smallest absolute Gasteiger partial charge is 0.306 e. The molecule has 2 aromatic rings. The zero-order chi connectivity index (χ0) is 14.8. The fraction of sp³-hybridized carbons (Fsp3) is 0.200. The number of benzene rings is 1. The Labute approximate surface area is 132 Å². The van der Waals surface area contributed by atoms with Crippen LogP contribution in [0.3, 0.4) is 0 Å². The van der Waals surface area contributed by atoms with E-state index in [-0.39, 0.29) is 6.03 Å². The predicted molar refractivity (Wildman–Crippen MR) is 87.5 cm³/mol. The molecule has 0 saturated carbocycles. The van der Waals surface area contributed by atoms with Crippen molar-refractivity contribution in [3.05, 3.63) is 47.2 Å². The van der Waals surface area contributed by atoms with Crippen molar-refractivity contribution in [2.45, 2.75) is 11.3 Å². The molecule has 0 aliphatic carbocycles. The van der Waals surface area contributed by atoms with E-state index in [1.54, 1.807) is 35.1 Å². The molecule has 0 atom stereocenters. The Morgan fingerprint density at radius 1 is 1.43 bits per heavy atom. The van der Waals surface area contributed by atoms with Crippen molar-refractivity contribution in [3.63, 3.8) is 0 Å². The highest BCUT2D eigenvalue weighted by Gasteiger charge is 2.27. The summed E-state index contributed by atoms with van der Waals surface area (Å²) in [5.41, 5.74) is 2.62. The zero-order valence-corrected chi connectivity index (χ0v) is 13.0. The third kappa shape index (κ3) is 2.71. The molecule has 4 nitrogen and oxygen atoms in total. The maximum atomic E-state index is 12.4. The number of anilines is 2. The van der Waals surface area contributed by atoms with E-state index in [2.05, 4.69) is 10.3 Å². The molecule has 0 bridgehead atoms. The number of nitrogens with one attached hydrogen (secondary N) is 1. The van der Waals surface area contributed by atoms with Crippen LogP contribution in [0.2, 0.25) is 5.02 Å². The van der Waals surface area contributed by atoms with E-state index in [0.29, 0.717) is 12.2 Å². The molecule has 1 aromatic heterocycles. The number of thioether (sulfide) groups is 1. The van der Waals surface area contributed by atoms with Crippen LogP contribution < -0.4 is 10.2 Å². The first-order valence-corrected chi connectivity index (χ1v) is 8.15. The highest BCUT2D eigenvalue weighted by atomic mass is 35.5. The number of carbonyl (C=O) groups excluding carboxylic acids is 1. The average Bonchev–Trinajstić information content (AvgIpc) is 2.93. The van der Waals surface area contributed by atoms with Gasteiger partial charge in [0, 0.05) is 17.6 Å². The number of rotatable bonds is 2. The van der Waals surface area contributed by atoms with Crippen molar-refractivity contribution in [1.29, 1.82) is 0 Å². The molecule has 2 amide bonds. The second-order valence-electron chi connectivity index (χ2n) is 4.65. The number of pyridine rings is 1. The molecule has 1 aliphatic heterocycles. The van der Waals surface area contributed by atoms with Crippen LogP contribution in [0.25, 0.3) is 0 Å². The van der Waals surface area contributed by atoms with Gasteiger partial charge >= 0.3 is 6.03 Å². The van der Waals surface area contributed by atoms with Gasteiger partial charge in [-0.1, -0.05) is 11.6 Å². The summed E-state index contributed by atoms with van der Waals surface area (Å²) in [6, 6.07) is 7.36. The molecule has 6 heteroatoms. The van der Waals surface area contributed by atoms with E-state index in [9.17, 15) is 4.79 Å². The Balaban J connectivity index is 1.84. The number of urea groups is 1. The standard InChI is InChI=1S/C15H14ClN3OS/c1-21-13-5-4-12-11(14(13)16)6-8-19(12)15(20)18-10-3-2-7-17-9-10/h2-5,7,9H,6,8H2,1H3,(H,18,20). The van der Waals surface area contributed by atoms with Crippen molar-refractivity contribution in [3.8, 4) is 0 Å². The molecular weight excluding hydrogens is 306 g/mol. The Hall–Kier alpha value is -1.72. The number of hydrogen-bond donors (Lipinski definition) is 1. The molecular formula is C15H14ClN3OS. The Bertz CT molecular complexity index is 678. The van der Waals surface area contributed by atoms with Crippen molar-refractivity contribution in [1.82, 2.24) is 4.98 Å². The topological polar surface area (TPSA) is 45.2 Å². The van der Waals surface area contributed by atoms with E-state index in [0.717, 1.165) is 27.6 Å². The number of amides is 2. The molecule has 0 fully saturated rings. The summed E-state index contributed by atoms with van der Waals surface area (Å²) in [6.07, 6.45) is 6.07. The number of nitrogens with zero attached hydrogens (tertiary/aromatic N) is 2. The Kier molecular flexibility index (Phi) is 4.03. The first-order chi connectivity index (χ1) is 10.2. The minimum absolute atomic E-state index is 0.158. The molecule has 0 radical (unpaired) electrons. The van der Waals surface area contributed by atoms with E-state index >= 15 is 0 Å². The molecule has 0 spiro atoms. The lowest BCUT2D eigenvalue weighted by atomic mass is 10.2. The number of aromatic nitrogens is 1. The van der Waals surface area contributed by atoms with Gasteiger partial charge < -0.3 is 5.32 Å². The molecule has 0 saturated heterocycles. The number of halogens is 1. The monoisotopic (exact) mass is 319 g/mol. The van der Waals surface area contributed by atoms with E-state index < -0.39 is 0 Å². The minimum Gasteiger partial charge on any atom is -0.306 e. The summed E-state index contributed by atoms with van der Waals surface area (Å²) in [5, 5.41) is 3.61. The minimum atomic E-state index is -0.158. The number of carbonyl (C=O) groups is 1. The normalized spacial score (nSPS) is 13.1. The molecule has 3 rings (SSSR count). The first-order valence-electron chi connectivity index (χ1n) is 6.54. The van der Waals surface area contributed by atoms with Gasteiger partial charge in [-0.2, -0.15) is 0 Å². The summed E-state index contributed by atoms with van der Waals surface area (Å²) >= 11 is 8.01. The fourth-order valence-electron chi connectivity index (χ4n) is 2.42. The van der Waals surface area contributed by atoms with Gasteiger partial charge in [0.2, 0.25) is 0 Å². The van der Waals surface area contributed by atoms with Gasteiger partial charge in [-0.05, 0) is 42.5 Å². The van der Waals surface area contributed by atoms with Gasteiger partial charge in [0.1, 0.15) is 0 Å². The second-order valence-corrected chi connectivity index (χ2v) is 5.88. The highest BCUT2D eigenvalue weighted by molar-refractivity contribution is 7.98. The quantitative estimate of drug-likeness (QED) is 0.849. The van der Waals surface area contributed by atoms with Crippen LogP contribution in [0.1, 0.15) is 5.56 Å². The predicted octanol–water partition coefficient (Wildman–Crippen LogP) is 4.05. The summed E-state index contributed by atoms with van der Waals surface area (Å²) in [5.74, 6) is 0. The van der Waals surface area contributed by atoms with Crippen LogP contribution >= 0.6 is 23.4 Å². The second kappa shape index (κ2) is 5.95. The lowest BCUT2D eigenvalue weighted by Gasteiger charge is -2.18. The molecule has 1 N–H and O–H groups in total. The van der Waals surface area contributed by atoms with Gasteiger partial charge in [-0.15, -0.1) is 11.8 Å². The SMILES string of the molecule is CSc1ccc2c(c1Cl)CCN2C(=O)Nc1cccnc1. The summed E-state index contributed by atoms with van der Waals surface area (Å²) in [4.78, 5) is 19.1. The molecule has 1 aromatic carbocycles. The Morgan fingerprint density at radius 2 is 2.29 bits per heavy atom.